The van der Waals surface area contributed by atoms with Crippen molar-refractivity contribution in [1.29, 1.82) is 0 Å². The number of aryl methyl sites for hydroxylation is 1. The van der Waals surface area contributed by atoms with Crippen molar-refractivity contribution in [1.82, 2.24) is 4.98 Å². The Morgan fingerprint density at radius 2 is 2.46 bits per heavy atom. The Kier molecular flexibility index (Phi) is 2.44. The molecule has 1 heterocycles. The molecule has 1 saturated carbocycles. The van der Waals surface area contributed by atoms with Gasteiger partial charge in [-0.15, -0.1) is 11.3 Å². The maximum Gasteiger partial charge on any atom is 0.139 e. The number of aromatic nitrogens is 1. The van der Waals surface area contributed by atoms with Crippen molar-refractivity contribution in [3.63, 3.8) is 0 Å². The van der Waals surface area contributed by atoms with E-state index in [1.807, 2.05) is 12.3 Å². The van der Waals surface area contributed by atoms with E-state index in [0.29, 0.717) is 18.1 Å². The van der Waals surface area contributed by atoms with E-state index in [-0.39, 0.29) is 0 Å². The maximum absolute atomic E-state index is 11.4. The Bertz CT molecular complexity index is 314. The number of thiazole rings is 1. The molecule has 3 heteroatoms. The normalized spacial score (nSPS) is 16.1. The van der Waals surface area contributed by atoms with Crippen molar-refractivity contribution in [3.05, 3.63) is 16.1 Å². The molecule has 1 aromatic rings. The van der Waals surface area contributed by atoms with Gasteiger partial charge in [0.15, 0.2) is 0 Å². The molecule has 0 atom stereocenters. The molecule has 0 amide bonds. The number of ketones is 1. The van der Waals surface area contributed by atoms with E-state index in [2.05, 4.69) is 4.98 Å². The minimum absolute atomic E-state index is 0.354. The summed E-state index contributed by atoms with van der Waals surface area (Å²) < 4.78 is 0. The topological polar surface area (TPSA) is 30.0 Å². The molecule has 0 unspecified atom stereocenters. The van der Waals surface area contributed by atoms with Gasteiger partial charge in [0.05, 0.1) is 10.7 Å². The zero-order chi connectivity index (χ0) is 9.26. The average Bonchev–Trinajstić information content (AvgIpc) is 2.76. The molecule has 1 aliphatic carbocycles. The highest BCUT2D eigenvalue weighted by atomic mass is 32.1. The minimum atomic E-state index is 0.354. The highest BCUT2D eigenvalue weighted by molar-refractivity contribution is 7.09. The number of hydrogen-bond acceptors (Lipinski definition) is 3. The van der Waals surface area contributed by atoms with Crippen LogP contribution in [0.4, 0.5) is 0 Å². The van der Waals surface area contributed by atoms with E-state index in [1.54, 1.807) is 11.3 Å². The highest BCUT2D eigenvalue weighted by Crippen LogP contribution is 2.32. The summed E-state index contributed by atoms with van der Waals surface area (Å²) in [5.41, 5.74) is 0.952. The van der Waals surface area contributed by atoms with Gasteiger partial charge in [0, 0.05) is 18.2 Å². The molecule has 0 spiro atoms. The molecule has 0 bridgehead atoms. The lowest BCUT2D eigenvalue weighted by atomic mass is 10.1. The minimum Gasteiger partial charge on any atom is -0.299 e. The summed E-state index contributed by atoms with van der Waals surface area (Å²) >= 11 is 1.62. The summed E-state index contributed by atoms with van der Waals surface area (Å²) in [7, 11) is 0. The molecule has 1 fully saturated rings. The van der Waals surface area contributed by atoms with Gasteiger partial charge in [0.25, 0.3) is 0 Å². The van der Waals surface area contributed by atoms with Gasteiger partial charge in [0.2, 0.25) is 0 Å². The van der Waals surface area contributed by atoms with Gasteiger partial charge in [0.1, 0.15) is 5.78 Å². The number of Topliss-reactive ketones (excluding diaryl/α,β-unsaturated/α-hetero) is 1. The maximum atomic E-state index is 11.4. The number of carbonyl (C=O) groups excluding carboxylic acids is 1. The second-order valence-electron chi connectivity index (χ2n) is 3.72. The number of carbonyl (C=O) groups is 1. The summed E-state index contributed by atoms with van der Waals surface area (Å²) in [6, 6.07) is 0. The van der Waals surface area contributed by atoms with E-state index in [9.17, 15) is 4.79 Å². The monoisotopic (exact) mass is 195 g/mol. The molecule has 0 radical (unpaired) electrons. The second-order valence-corrected chi connectivity index (χ2v) is 4.78. The van der Waals surface area contributed by atoms with Gasteiger partial charge in [-0.1, -0.05) is 0 Å². The summed E-state index contributed by atoms with van der Waals surface area (Å²) in [6.45, 7) is 1.97. The van der Waals surface area contributed by atoms with Gasteiger partial charge in [-0.3, -0.25) is 4.79 Å². The molecule has 1 aromatic heterocycles. The number of rotatable bonds is 4. The second kappa shape index (κ2) is 3.58. The molecule has 0 N–H and O–H groups in total. The SMILES string of the molecule is Cc1nc(CC(=O)CC2CC2)cs1. The molecule has 2 rings (SSSR count). The van der Waals surface area contributed by atoms with Crippen LogP contribution in [-0.4, -0.2) is 10.8 Å². The lowest BCUT2D eigenvalue weighted by Crippen LogP contribution is -2.03. The third-order valence-corrected chi connectivity index (χ3v) is 3.08. The van der Waals surface area contributed by atoms with Crippen molar-refractivity contribution in [2.75, 3.05) is 0 Å². The molecule has 70 valence electrons. The van der Waals surface area contributed by atoms with E-state index >= 15 is 0 Å². The van der Waals surface area contributed by atoms with E-state index in [4.69, 9.17) is 0 Å². The standard InChI is InChI=1S/C10H13NOS/c1-7-11-9(6-13-7)5-10(12)4-8-2-3-8/h6,8H,2-5H2,1H3. The van der Waals surface area contributed by atoms with Crippen LogP contribution in [0.2, 0.25) is 0 Å². The van der Waals surface area contributed by atoms with Crippen molar-refractivity contribution >= 4 is 17.1 Å². The van der Waals surface area contributed by atoms with Crippen molar-refractivity contribution < 1.29 is 4.79 Å². The zero-order valence-corrected chi connectivity index (χ0v) is 8.56. The third kappa shape index (κ3) is 2.62. The number of nitrogens with zero attached hydrogens (tertiary/aromatic N) is 1. The predicted octanol–water partition coefficient (Wildman–Crippen LogP) is 2.36. The zero-order valence-electron chi connectivity index (χ0n) is 7.75. The van der Waals surface area contributed by atoms with Gasteiger partial charge in [-0.2, -0.15) is 0 Å². The first kappa shape index (κ1) is 8.88. The fourth-order valence-electron chi connectivity index (χ4n) is 1.41. The third-order valence-electron chi connectivity index (χ3n) is 2.26. The van der Waals surface area contributed by atoms with Crippen LogP contribution >= 0.6 is 11.3 Å². The Morgan fingerprint density at radius 1 is 1.69 bits per heavy atom. The summed E-state index contributed by atoms with van der Waals surface area (Å²) in [4.78, 5) is 15.7. The summed E-state index contributed by atoms with van der Waals surface area (Å²) in [6.07, 6.45) is 3.82. The first-order valence-electron chi connectivity index (χ1n) is 4.67. The number of hydrogen-bond donors (Lipinski definition) is 0. The fourth-order valence-corrected chi connectivity index (χ4v) is 2.02. The molecule has 0 aromatic carbocycles. The summed E-state index contributed by atoms with van der Waals surface area (Å²) in [5, 5.41) is 3.04. The van der Waals surface area contributed by atoms with Gasteiger partial charge < -0.3 is 0 Å². The molecular formula is C10H13NOS. The lowest BCUT2D eigenvalue weighted by molar-refractivity contribution is -0.118. The molecule has 13 heavy (non-hydrogen) atoms. The van der Waals surface area contributed by atoms with Gasteiger partial charge >= 0.3 is 0 Å². The molecule has 0 saturated heterocycles. The first-order valence-corrected chi connectivity index (χ1v) is 5.54. The first-order chi connectivity index (χ1) is 6.24. The van der Waals surface area contributed by atoms with Crippen LogP contribution in [0, 0.1) is 12.8 Å². The Balaban J connectivity index is 1.85. The van der Waals surface area contributed by atoms with Crippen LogP contribution in [0.1, 0.15) is 30.0 Å². The van der Waals surface area contributed by atoms with Gasteiger partial charge in [-0.25, -0.2) is 4.98 Å². The Hall–Kier alpha value is -0.700. The van der Waals surface area contributed by atoms with Crippen LogP contribution in [0.15, 0.2) is 5.38 Å². The van der Waals surface area contributed by atoms with Crippen molar-refractivity contribution in [3.8, 4) is 0 Å². The molecule has 0 aliphatic heterocycles. The van der Waals surface area contributed by atoms with Crippen LogP contribution in [0.3, 0.4) is 0 Å². The van der Waals surface area contributed by atoms with Crippen LogP contribution in [0.25, 0.3) is 0 Å². The molecular weight excluding hydrogens is 182 g/mol. The van der Waals surface area contributed by atoms with E-state index in [0.717, 1.165) is 17.1 Å². The Labute approximate surface area is 82.0 Å². The highest BCUT2D eigenvalue weighted by Gasteiger charge is 2.24. The van der Waals surface area contributed by atoms with Gasteiger partial charge in [-0.05, 0) is 25.7 Å². The average molecular weight is 195 g/mol. The van der Waals surface area contributed by atoms with Crippen molar-refractivity contribution in [2.45, 2.75) is 32.6 Å². The van der Waals surface area contributed by atoms with Crippen LogP contribution in [-0.2, 0) is 11.2 Å². The van der Waals surface area contributed by atoms with Crippen LogP contribution < -0.4 is 0 Å². The van der Waals surface area contributed by atoms with E-state index < -0.39 is 0 Å². The molecule has 2 nitrogen and oxygen atoms in total. The van der Waals surface area contributed by atoms with Crippen LogP contribution in [0.5, 0.6) is 0 Å². The smallest absolute Gasteiger partial charge is 0.139 e. The fraction of sp³-hybridized carbons (Fsp3) is 0.600. The summed E-state index contributed by atoms with van der Waals surface area (Å²) in [5.74, 6) is 1.06. The largest absolute Gasteiger partial charge is 0.299 e. The lowest BCUT2D eigenvalue weighted by Gasteiger charge is -1.94. The van der Waals surface area contributed by atoms with E-state index in [1.165, 1.54) is 12.8 Å². The van der Waals surface area contributed by atoms with Crippen molar-refractivity contribution in [2.24, 2.45) is 5.92 Å². The Morgan fingerprint density at radius 3 is 3.00 bits per heavy atom. The predicted molar refractivity (Wildman–Crippen MR) is 52.9 cm³/mol. The quantitative estimate of drug-likeness (QED) is 0.738. The molecule has 1 aliphatic rings.